The van der Waals surface area contributed by atoms with E-state index in [0.717, 1.165) is 16.2 Å². The van der Waals surface area contributed by atoms with E-state index < -0.39 is 0 Å². The summed E-state index contributed by atoms with van der Waals surface area (Å²) in [5.41, 5.74) is 0.605. The third-order valence-corrected chi connectivity index (χ3v) is 8.55. The zero-order valence-electron chi connectivity index (χ0n) is 16.3. The minimum Gasteiger partial charge on any atom is -0.422 e. The van der Waals surface area contributed by atoms with Gasteiger partial charge in [-0.3, -0.25) is 0 Å². The molecule has 1 heterocycles. The largest absolute Gasteiger partial charge is 0.422 e. The lowest BCUT2D eigenvalue weighted by Crippen LogP contribution is -2.10. The van der Waals surface area contributed by atoms with Gasteiger partial charge in [-0.1, -0.05) is 67.1 Å². The molecule has 0 radical (unpaired) electrons. The van der Waals surface area contributed by atoms with Crippen LogP contribution in [-0.4, -0.2) is 17.5 Å². The molecule has 146 valence electrons. The van der Waals surface area contributed by atoms with Gasteiger partial charge in [0.1, 0.15) is 5.75 Å². The lowest BCUT2D eigenvalue weighted by Gasteiger charge is -2.28. The highest BCUT2D eigenvalue weighted by atomic mass is 32.2. The average Bonchev–Trinajstić information content (AvgIpc) is 2.79. The van der Waals surface area contributed by atoms with Crippen molar-refractivity contribution in [2.45, 2.75) is 24.2 Å². The predicted molar refractivity (Wildman–Crippen MR) is 124 cm³/mol. The van der Waals surface area contributed by atoms with Crippen LogP contribution in [0.1, 0.15) is 29.6 Å². The smallest absolute Gasteiger partial charge is 0.344 e. The molecule has 29 heavy (non-hydrogen) atoms. The first kappa shape index (κ1) is 18.3. The van der Waals surface area contributed by atoms with Crippen molar-refractivity contribution in [2.24, 2.45) is 0 Å². The topological polar surface area (TPSA) is 26.3 Å². The van der Waals surface area contributed by atoms with E-state index in [-0.39, 0.29) is 16.9 Å². The quantitative estimate of drug-likeness (QED) is 0.234. The number of hydrogen-bond donors (Lipinski definition) is 1. The first-order chi connectivity index (χ1) is 14.3. The van der Waals surface area contributed by atoms with Crippen molar-refractivity contribution >= 4 is 38.4 Å². The van der Waals surface area contributed by atoms with Gasteiger partial charge in [0.25, 0.3) is 0 Å². The molecule has 0 unspecified atom stereocenters. The molecular formula is C26H24O2S. The molecule has 1 saturated heterocycles. The predicted octanol–water partition coefficient (Wildman–Crippen LogP) is 6.76. The fourth-order valence-electron chi connectivity index (χ4n) is 4.31. The molecule has 0 aliphatic carbocycles. The van der Waals surface area contributed by atoms with E-state index in [4.69, 9.17) is 4.74 Å². The molecular weight excluding hydrogens is 376 g/mol. The van der Waals surface area contributed by atoms with Crippen LogP contribution in [0, 0.1) is 0 Å². The molecule has 0 spiro atoms. The summed E-state index contributed by atoms with van der Waals surface area (Å²) in [6, 6.07) is 26.2. The number of carbonyl (C=O) groups excluding carboxylic acids is 1. The van der Waals surface area contributed by atoms with Crippen LogP contribution < -0.4 is 4.74 Å². The lowest BCUT2D eigenvalue weighted by atomic mass is 10.0. The maximum atomic E-state index is 13.0. The van der Waals surface area contributed by atoms with E-state index in [1.807, 2.05) is 54.6 Å². The Balaban J connectivity index is 1.53. The third kappa shape index (κ3) is 3.51. The van der Waals surface area contributed by atoms with E-state index in [1.165, 1.54) is 41.0 Å². The molecule has 0 saturated carbocycles. The number of ether oxygens (including phenoxy) is 1. The van der Waals surface area contributed by atoms with E-state index >= 15 is 0 Å². The summed E-state index contributed by atoms with van der Waals surface area (Å²) >= 11 is 0. The van der Waals surface area contributed by atoms with Gasteiger partial charge in [-0.15, -0.1) is 0 Å². The van der Waals surface area contributed by atoms with Crippen molar-refractivity contribution in [2.75, 3.05) is 11.5 Å². The van der Waals surface area contributed by atoms with Crippen molar-refractivity contribution in [3.05, 3.63) is 84.4 Å². The zero-order chi connectivity index (χ0) is 19.6. The van der Waals surface area contributed by atoms with Crippen LogP contribution in [0.3, 0.4) is 0 Å². The molecule has 0 atom stereocenters. The number of fused-ring (bicyclic) bond motifs is 2. The number of rotatable bonds is 3. The summed E-state index contributed by atoms with van der Waals surface area (Å²) in [6.45, 7) is 0. The van der Waals surface area contributed by atoms with Gasteiger partial charge in [0.15, 0.2) is 0 Å². The second kappa shape index (κ2) is 7.92. The van der Waals surface area contributed by atoms with E-state index in [1.54, 1.807) is 0 Å². The molecule has 4 aromatic carbocycles. The Labute approximate surface area is 173 Å². The lowest BCUT2D eigenvalue weighted by molar-refractivity contribution is 0.0739. The van der Waals surface area contributed by atoms with Crippen LogP contribution in [0.25, 0.3) is 21.5 Å². The van der Waals surface area contributed by atoms with Gasteiger partial charge in [0.2, 0.25) is 0 Å². The average molecular weight is 401 g/mol. The van der Waals surface area contributed by atoms with E-state index in [2.05, 4.69) is 24.3 Å². The molecule has 4 aromatic rings. The fraction of sp³-hybridized carbons (Fsp3) is 0.192. The summed E-state index contributed by atoms with van der Waals surface area (Å²) in [5.74, 6) is 2.97. The summed E-state index contributed by atoms with van der Waals surface area (Å²) in [7, 11) is -0.107. The number of thiol groups is 1. The third-order valence-electron chi connectivity index (χ3n) is 5.77. The molecule has 1 fully saturated rings. The summed E-state index contributed by atoms with van der Waals surface area (Å²) in [4.78, 5) is 14.5. The van der Waals surface area contributed by atoms with Crippen molar-refractivity contribution in [3.63, 3.8) is 0 Å². The SMILES string of the molecule is O=C(Oc1ccc([SH]2CCCCC2)c2ccccc12)c1cccc2ccccc12. The first-order valence-electron chi connectivity index (χ1n) is 10.3. The summed E-state index contributed by atoms with van der Waals surface area (Å²) in [6.07, 6.45) is 4.02. The maximum Gasteiger partial charge on any atom is 0.344 e. The van der Waals surface area contributed by atoms with Crippen LogP contribution >= 0.6 is 10.9 Å². The van der Waals surface area contributed by atoms with Crippen LogP contribution in [0.2, 0.25) is 0 Å². The molecule has 0 N–H and O–H groups in total. The molecule has 5 rings (SSSR count). The minimum atomic E-state index is -0.303. The normalized spacial score (nSPS) is 15.5. The van der Waals surface area contributed by atoms with Gasteiger partial charge in [-0.05, 0) is 63.6 Å². The molecule has 1 aliphatic heterocycles. The number of hydrogen-bond acceptors (Lipinski definition) is 2. The van der Waals surface area contributed by atoms with Crippen molar-refractivity contribution < 1.29 is 9.53 Å². The highest BCUT2D eigenvalue weighted by molar-refractivity contribution is 8.17. The van der Waals surface area contributed by atoms with E-state index in [0.29, 0.717) is 11.3 Å². The minimum absolute atomic E-state index is 0.107. The van der Waals surface area contributed by atoms with Crippen LogP contribution in [0.15, 0.2) is 83.8 Å². The highest BCUT2D eigenvalue weighted by Crippen LogP contribution is 2.46. The molecule has 3 heteroatoms. The van der Waals surface area contributed by atoms with Gasteiger partial charge < -0.3 is 4.74 Å². The van der Waals surface area contributed by atoms with Crippen LogP contribution in [-0.2, 0) is 0 Å². The van der Waals surface area contributed by atoms with Gasteiger partial charge in [-0.25, -0.2) is 15.7 Å². The van der Waals surface area contributed by atoms with Gasteiger partial charge in [0, 0.05) is 5.39 Å². The van der Waals surface area contributed by atoms with Crippen LogP contribution in [0.4, 0.5) is 0 Å². The Morgan fingerprint density at radius 2 is 1.38 bits per heavy atom. The monoisotopic (exact) mass is 400 g/mol. The highest BCUT2D eigenvalue weighted by Gasteiger charge is 2.18. The molecule has 1 aliphatic rings. The van der Waals surface area contributed by atoms with Gasteiger partial charge in [-0.2, -0.15) is 0 Å². The van der Waals surface area contributed by atoms with Gasteiger partial charge in [0.05, 0.1) is 5.56 Å². The molecule has 0 amide bonds. The second-order valence-electron chi connectivity index (χ2n) is 7.59. The van der Waals surface area contributed by atoms with Crippen molar-refractivity contribution in [1.29, 1.82) is 0 Å². The Morgan fingerprint density at radius 3 is 2.21 bits per heavy atom. The zero-order valence-corrected chi connectivity index (χ0v) is 17.2. The maximum absolute atomic E-state index is 13.0. The first-order valence-corrected chi connectivity index (χ1v) is 12.0. The van der Waals surface area contributed by atoms with Crippen molar-refractivity contribution in [3.8, 4) is 5.75 Å². The summed E-state index contributed by atoms with van der Waals surface area (Å²) < 4.78 is 5.93. The fourth-order valence-corrected chi connectivity index (χ4v) is 7.05. The van der Waals surface area contributed by atoms with Crippen molar-refractivity contribution in [1.82, 2.24) is 0 Å². The summed E-state index contributed by atoms with van der Waals surface area (Å²) in [5, 5.41) is 4.24. The second-order valence-corrected chi connectivity index (χ2v) is 10.0. The van der Waals surface area contributed by atoms with Gasteiger partial charge >= 0.3 is 5.97 Å². The molecule has 2 nitrogen and oxygen atoms in total. The number of benzene rings is 4. The Morgan fingerprint density at radius 1 is 0.690 bits per heavy atom. The Kier molecular flexibility index (Phi) is 4.99. The van der Waals surface area contributed by atoms with Crippen LogP contribution in [0.5, 0.6) is 5.75 Å². The Bertz CT molecular complexity index is 1190. The standard InChI is InChI=1S/C26H24O2S/c27-26(23-14-8-10-19-9-2-3-11-20(19)23)28-24-15-16-25(29-17-6-1-7-18-29)22-13-5-4-12-21(22)24/h2-5,8-16,29H,1,6-7,17-18H2. The molecule has 0 bridgehead atoms. The molecule has 0 aromatic heterocycles. The number of esters is 1. The number of carbonyl (C=O) groups is 1. The van der Waals surface area contributed by atoms with E-state index in [9.17, 15) is 4.79 Å². The Hall–Kier alpha value is -2.78.